The topological polar surface area (TPSA) is 66.3 Å². The third-order valence-electron chi connectivity index (χ3n) is 2.79. The van der Waals surface area contributed by atoms with Crippen LogP contribution in [0.1, 0.15) is 21.6 Å². The van der Waals surface area contributed by atoms with E-state index in [1.807, 2.05) is 18.0 Å². The van der Waals surface area contributed by atoms with E-state index in [1.54, 1.807) is 6.07 Å². The third kappa shape index (κ3) is 3.58. The van der Waals surface area contributed by atoms with Crippen LogP contribution in [0.4, 0.5) is 4.39 Å². The van der Waals surface area contributed by atoms with Gasteiger partial charge in [-0.15, -0.1) is 0 Å². The molecule has 0 fully saturated rings. The average molecular weight is 275 g/mol. The smallest absolute Gasteiger partial charge is 0.339 e. The van der Waals surface area contributed by atoms with Gasteiger partial charge in [-0.1, -0.05) is 12.1 Å². The Hall–Kier alpha value is -2.34. The van der Waals surface area contributed by atoms with E-state index in [4.69, 9.17) is 5.11 Å². The zero-order valence-corrected chi connectivity index (χ0v) is 11.0. The standard InChI is InChI=1S/C14H14FN3O2/c1-18(7-10-3-2-4-11(15)5-10)8-13-12(14(19)20)6-16-9-17-13/h2-6,9H,7-8H2,1H3,(H,19,20). The highest BCUT2D eigenvalue weighted by Crippen LogP contribution is 2.11. The molecule has 2 aromatic rings. The Morgan fingerprint density at radius 3 is 2.90 bits per heavy atom. The quantitative estimate of drug-likeness (QED) is 0.903. The molecule has 0 saturated heterocycles. The van der Waals surface area contributed by atoms with Crippen molar-refractivity contribution in [2.24, 2.45) is 0 Å². The van der Waals surface area contributed by atoms with Gasteiger partial charge in [-0.05, 0) is 24.7 Å². The second-order valence-electron chi connectivity index (χ2n) is 4.49. The first-order valence-electron chi connectivity index (χ1n) is 6.01. The largest absolute Gasteiger partial charge is 0.478 e. The van der Waals surface area contributed by atoms with Crippen LogP contribution in [0.2, 0.25) is 0 Å². The molecule has 0 unspecified atom stereocenters. The second-order valence-corrected chi connectivity index (χ2v) is 4.49. The van der Waals surface area contributed by atoms with Crippen molar-refractivity contribution in [2.45, 2.75) is 13.1 Å². The molecular formula is C14H14FN3O2. The van der Waals surface area contributed by atoms with E-state index in [1.165, 1.54) is 24.7 Å². The molecular weight excluding hydrogens is 261 g/mol. The lowest BCUT2D eigenvalue weighted by Crippen LogP contribution is -2.20. The Labute approximate surface area is 115 Å². The minimum atomic E-state index is -1.06. The predicted octanol–water partition coefficient (Wildman–Crippen LogP) is 1.95. The van der Waals surface area contributed by atoms with E-state index in [0.29, 0.717) is 18.8 Å². The van der Waals surface area contributed by atoms with Crippen molar-refractivity contribution < 1.29 is 14.3 Å². The number of benzene rings is 1. The van der Waals surface area contributed by atoms with Gasteiger partial charge < -0.3 is 5.11 Å². The molecule has 6 heteroatoms. The first kappa shape index (κ1) is 14.1. The Bertz CT molecular complexity index is 619. The molecule has 0 amide bonds. The van der Waals surface area contributed by atoms with Crippen LogP contribution in [0.3, 0.4) is 0 Å². The molecule has 0 aliphatic rings. The van der Waals surface area contributed by atoms with Crippen molar-refractivity contribution in [1.82, 2.24) is 14.9 Å². The highest BCUT2D eigenvalue weighted by atomic mass is 19.1. The fraction of sp³-hybridized carbons (Fsp3) is 0.214. The number of nitrogens with zero attached hydrogens (tertiary/aromatic N) is 3. The van der Waals surface area contributed by atoms with E-state index in [0.717, 1.165) is 5.56 Å². The molecule has 0 atom stereocenters. The number of rotatable bonds is 5. The molecule has 0 aliphatic heterocycles. The van der Waals surface area contributed by atoms with E-state index >= 15 is 0 Å². The van der Waals surface area contributed by atoms with Gasteiger partial charge in [0.15, 0.2) is 0 Å². The minimum absolute atomic E-state index is 0.0820. The van der Waals surface area contributed by atoms with E-state index in [2.05, 4.69) is 9.97 Å². The van der Waals surface area contributed by atoms with Crippen molar-refractivity contribution in [3.63, 3.8) is 0 Å². The number of halogens is 1. The summed E-state index contributed by atoms with van der Waals surface area (Å²) in [7, 11) is 1.82. The zero-order chi connectivity index (χ0) is 14.5. The molecule has 20 heavy (non-hydrogen) atoms. The summed E-state index contributed by atoms with van der Waals surface area (Å²) < 4.78 is 13.1. The van der Waals surface area contributed by atoms with Crippen LogP contribution in [0.15, 0.2) is 36.8 Å². The first-order valence-corrected chi connectivity index (χ1v) is 6.01. The van der Waals surface area contributed by atoms with Crippen molar-refractivity contribution in [2.75, 3.05) is 7.05 Å². The Balaban J connectivity index is 2.08. The molecule has 2 rings (SSSR count). The molecule has 5 nitrogen and oxygen atoms in total. The van der Waals surface area contributed by atoms with Gasteiger partial charge in [0, 0.05) is 19.3 Å². The molecule has 0 aliphatic carbocycles. The van der Waals surface area contributed by atoms with Crippen molar-refractivity contribution in [3.8, 4) is 0 Å². The van der Waals surface area contributed by atoms with Crippen LogP contribution >= 0.6 is 0 Å². The highest BCUT2D eigenvalue weighted by Gasteiger charge is 2.13. The maximum Gasteiger partial charge on any atom is 0.339 e. The maximum absolute atomic E-state index is 13.1. The van der Waals surface area contributed by atoms with Crippen LogP contribution in [0, 0.1) is 5.82 Å². The Kier molecular flexibility index (Phi) is 4.37. The SMILES string of the molecule is CN(Cc1cccc(F)c1)Cc1ncncc1C(=O)O. The number of aromatic nitrogens is 2. The summed E-state index contributed by atoms with van der Waals surface area (Å²) in [5, 5.41) is 9.06. The van der Waals surface area contributed by atoms with Crippen molar-refractivity contribution in [3.05, 3.63) is 59.4 Å². The van der Waals surface area contributed by atoms with Crippen LogP contribution < -0.4 is 0 Å². The van der Waals surface area contributed by atoms with Gasteiger partial charge in [0.25, 0.3) is 0 Å². The normalized spacial score (nSPS) is 10.8. The summed E-state index contributed by atoms with van der Waals surface area (Å²) in [6.07, 6.45) is 2.60. The number of carboxylic acid groups (broad SMARTS) is 1. The number of hydrogen-bond donors (Lipinski definition) is 1. The zero-order valence-electron chi connectivity index (χ0n) is 11.0. The highest BCUT2D eigenvalue weighted by molar-refractivity contribution is 5.88. The number of carboxylic acids is 1. The number of aromatic carboxylic acids is 1. The van der Waals surface area contributed by atoms with Crippen molar-refractivity contribution >= 4 is 5.97 Å². The van der Waals surface area contributed by atoms with E-state index in [9.17, 15) is 9.18 Å². The molecule has 0 spiro atoms. The lowest BCUT2D eigenvalue weighted by Gasteiger charge is -2.17. The lowest BCUT2D eigenvalue weighted by atomic mass is 10.2. The second kappa shape index (κ2) is 6.21. The van der Waals surface area contributed by atoms with Gasteiger partial charge in [0.2, 0.25) is 0 Å². The predicted molar refractivity (Wildman–Crippen MR) is 70.6 cm³/mol. The molecule has 0 saturated carbocycles. The van der Waals surface area contributed by atoms with Crippen LogP contribution in [0.5, 0.6) is 0 Å². The third-order valence-corrected chi connectivity index (χ3v) is 2.79. The number of carbonyl (C=O) groups is 1. The summed E-state index contributed by atoms with van der Waals surface area (Å²) in [4.78, 5) is 20.6. The van der Waals surface area contributed by atoms with Crippen molar-refractivity contribution in [1.29, 1.82) is 0 Å². The minimum Gasteiger partial charge on any atom is -0.478 e. The fourth-order valence-corrected chi connectivity index (χ4v) is 1.92. The van der Waals surface area contributed by atoms with E-state index in [-0.39, 0.29) is 11.4 Å². The van der Waals surface area contributed by atoms with Gasteiger partial charge in [-0.2, -0.15) is 0 Å². The summed E-state index contributed by atoms with van der Waals surface area (Å²) >= 11 is 0. The molecule has 1 aromatic heterocycles. The van der Waals surface area contributed by atoms with Gasteiger partial charge in [-0.25, -0.2) is 19.2 Å². The average Bonchev–Trinajstić information content (AvgIpc) is 2.38. The first-order chi connectivity index (χ1) is 9.56. The van der Waals surface area contributed by atoms with Gasteiger partial charge >= 0.3 is 5.97 Å². The van der Waals surface area contributed by atoms with E-state index < -0.39 is 5.97 Å². The monoisotopic (exact) mass is 275 g/mol. The maximum atomic E-state index is 13.1. The molecule has 1 N–H and O–H groups in total. The molecule has 0 bridgehead atoms. The summed E-state index contributed by atoms with van der Waals surface area (Å²) in [5.41, 5.74) is 1.34. The van der Waals surface area contributed by atoms with Crippen LogP contribution in [0.25, 0.3) is 0 Å². The number of hydrogen-bond acceptors (Lipinski definition) is 4. The van der Waals surface area contributed by atoms with Crippen LogP contribution in [-0.4, -0.2) is 33.0 Å². The molecule has 1 heterocycles. The summed E-state index contributed by atoms with van der Waals surface area (Å²) in [6, 6.07) is 6.30. The Morgan fingerprint density at radius 2 is 2.20 bits per heavy atom. The molecule has 0 radical (unpaired) electrons. The van der Waals surface area contributed by atoms with Gasteiger partial charge in [-0.3, -0.25) is 4.90 Å². The Morgan fingerprint density at radius 1 is 1.40 bits per heavy atom. The van der Waals surface area contributed by atoms with Gasteiger partial charge in [0.1, 0.15) is 17.7 Å². The van der Waals surface area contributed by atoms with Crippen LogP contribution in [-0.2, 0) is 13.1 Å². The summed E-state index contributed by atoms with van der Waals surface area (Å²) in [6.45, 7) is 0.849. The lowest BCUT2D eigenvalue weighted by molar-refractivity contribution is 0.0693. The van der Waals surface area contributed by atoms with Gasteiger partial charge in [0.05, 0.1) is 5.69 Å². The summed E-state index contributed by atoms with van der Waals surface area (Å²) in [5.74, 6) is -1.34. The molecule has 1 aromatic carbocycles. The fourth-order valence-electron chi connectivity index (χ4n) is 1.92. The molecule has 104 valence electrons.